The number of amides is 1. The second-order valence-electron chi connectivity index (χ2n) is 5.11. The standard InChI is InChI=1S/C16H9BrClN3O5/c17-10-3-9(15(22)12(6-10)21(24)25)7-19-20-16(23)14-5-8-4-11(18)1-2-13(8)26-14/h1-7,22H,(H,20,23)/b19-7-. The fourth-order valence-electron chi connectivity index (χ4n) is 2.18. The molecule has 0 saturated carbocycles. The molecule has 0 aliphatic rings. The molecule has 0 atom stereocenters. The van der Waals surface area contributed by atoms with Gasteiger partial charge in [0.15, 0.2) is 5.76 Å². The number of nitrogens with one attached hydrogen (secondary N) is 1. The lowest BCUT2D eigenvalue weighted by atomic mass is 10.2. The maximum absolute atomic E-state index is 12.1. The van der Waals surface area contributed by atoms with E-state index < -0.39 is 22.3 Å². The van der Waals surface area contributed by atoms with Crippen LogP contribution in [0.5, 0.6) is 5.75 Å². The average Bonchev–Trinajstić information content (AvgIpc) is 3.00. The van der Waals surface area contributed by atoms with Gasteiger partial charge in [-0.15, -0.1) is 0 Å². The Morgan fingerprint density at radius 2 is 2.12 bits per heavy atom. The maximum atomic E-state index is 12.1. The molecule has 2 N–H and O–H groups in total. The Morgan fingerprint density at radius 3 is 2.85 bits per heavy atom. The molecule has 10 heteroatoms. The normalized spacial score (nSPS) is 11.2. The quantitative estimate of drug-likeness (QED) is 0.359. The molecule has 0 unspecified atom stereocenters. The van der Waals surface area contributed by atoms with Gasteiger partial charge < -0.3 is 9.52 Å². The van der Waals surface area contributed by atoms with Crippen LogP contribution in [0.1, 0.15) is 16.1 Å². The first-order valence-corrected chi connectivity index (χ1v) is 8.21. The molecule has 0 spiro atoms. The summed E-state index contributed by atoms with van der Waals surface area (Å²) < 4.78 is 5.77. The number of benzene rings is 2. The summed E-state index contributed by atoms with van der Waals surface area (Å²) >= 11 is 8.99. The number of aromatic hydroxyl groups is 1. The van der Waals surface area contributed by atoms with Crippen LogP contribution in [0.15, 0.2) is 50.4 Å². The van der Waals surface area contributed by atoms with Gasteiger partial charge in [0, 0.05) is 26.5 Å². The summed E-state index contributed by atoms with van der Waals surface area (Å²) in [7, 11) is 0. The molecule has 0 saturated heterocycles. The van der Waals surface area contributed by atoms with Crippen LogP contribution in [0.2, 0.25) is 5.02 Å². The number of fused-ring (bicyclic) bond motifs is 1. The molecule has 0 aliphatic carbocycles. The monoisotopic (exact) mass is 437 g/mol. The predicted octanol–water partition coefficient (Wildman–Crippen LogP) is 4.23. The van der Waals surface area contributed by atoms with Gasteiger partial charge in [-0.3, -0.25) is 14.9 Å². The highest BCUT2D eigenvalue weighted by Crippen LogP contribution is 2.32. The van der Waals surface area contributed by atoms with Crippen molar-refractivity contribution in [2.45, 2.75) is 0 Å². The van der Waals surface area contributed by atoms with E-state index in [1.807, 2.05) is 0 Å². The molecule has 0 aliphatic heterocycles. The van der Waals surface area contributed by atoms with Crippen LogP contribution in [0, 0.1) is 10.1 Å². The Balaban J connectivity index is 1.79. The van der Waals surface area contributed by atoms with Crippen molar-refractivity contribution in [3.63, 3.8) is 0 Å². The molecule has 26 heavy (non-hydrogen) atoms. The molecular weight excluding hydrogens is 430 g/mol. The van der Waals surface area contributed by atoms with Crippen LogP contribution in [0.25, 0.3) is 11.0 Å². The highest BCUT2D eigenvalue weighted by molar-refractivity contribution is 9.10. The van der Waals surface area contributed by atoms with E-state index >= 15 is 0 Å². The van der Waals surface area contributed by atoms with Gasteiger partial charge in [-0.25, -0.2) is 5.43 Å². The van der Waals surface area contributed by atoms with Gasteiger partial charge in [-0.2, -0.15) is 5.10 Å². The number of phenolic OH excluding ortho intramolecular Hbond substituents is 1. The van der Waals surface area contributed by atoms with Crippen LogP contribution in [-0.2, 0) is 0 Å². The van der Waals surface area contributed by atoms with Gasteiger partial charge in [0.25, 0.3) is 0 Å². The predicted molar refractivity (Wildman–Crippen MR) is 98.7 cm³/mol. The number of carbonyl (C=O) groups is 1. The second kappa shape index (κ2) is 7.14. The molecule has 3 aromatic rings. The molecule has 132 valence electrons. The van der Waals surface area contributed by atoms with Crippen molar-refractivity contribution < 1.29 is 19.2 Å². The molecule has 1 amide bonds. The lowest BCUT2D eigenvalue weighted by Crippen LogP contribution is -2.16. The highest BCUT2D eigenvalue weighted by atomic mass is 79.9. The highest BCUT2D eigenvalue weighted by Gasteiger charge is 2.18. The first kappa shape index (κ1) is 17.9. The van der Waals surface area contributed by atoms with E-state index in [0.29, 0.717) is 20.5 Å². The van der Waals surface area contributed by atoms with Crippen LogP contribution >= 0.6 is 27.5 Å². The lowest BCUT2D eigenvalue weighted by molar-refractivity contribution is -0.385. The van der Waals surface area contributed by atoms with Crippen molar-refractivity contribution in [3.05, 3.63) is 67.3 Å². The summed E-state index contributed by atoms with van der Waals surface area (Å²) in [4.78, 5) is 22.2. The van der Waals surface area contributed by atoms with Gasteiger partial charge in [0.2, 0.25) is 5.75 Å². The number of furan rings is 1. The van der Waals surface area contributed by atoms with Crippen molar-refractivity contribution in [1.29, 1.82) is 0 Å². The van der Waals surface area contributed by atoms with E-state index in [1.54, 1.807) is 18.2 Å². The molecule has 8 nitrogen and oxygen atoms in total. The number of hydrogen-bond acceptors (Lipinski definition) is 6. The number of carbonyl (C=O) groups excluding carboxylic acids is 1. The van der Waals surface area contributed by atoms with E-state index in [4.69, 9.17) is 16.0 Å². The fourth-order valence-corrected chi connectivity index (χ4v) is 2.83. The van der Waals surface area contributed by atoms with Crippen LogP contribution in [-0.4, -0.2) is 22.2 Å². The topological polar surface area (TPSA) is 118 Å². The van der Waals surface area contributed by atoms with Gasteiger partial charge >= 0.3 is 11.6 Å². The third-order valence-corrected chi connectivity index (χ3v) is 4.05. The Labute approximate surface area is 159 Å². The largest absolute Gasteiger partial charge is 0.502 e. The first-order chi connectivity index (χ1) is 12.3. The number of nitro groups is 1. The van der Waals surface area contributed by atoms with Crippen LogP contribution < -0.4 is 5.43 Å². The molecule has 1 heterocycles. The van der Waals surface area contributed by atoms with Crippen LogP contribution in [0.3, 0.4) is 0 Å². The second-order valence-corrected chi connectivity index (χ2v) is 6.46. The smallest absolute Gasteiger partial charge is 0.312 e. The summed E-state index contributed by atoms with van der Waals surface area (Å²) in [6.07, 6.45) is 1.09. The third kappa shape index (κ3) is 3.68. The van der Waals surface area contributed by atoms with Crippen molar-refractivity contribution in [2.75, 3.05) is 0 Å². The van der Waals surface area contributed by atoms with E-state index in [-0.39, 0.29) is 11.3 Å². The molecule has 0 radical (unpaired) electrons. The van der Waals surface area contributed by atoms with Crippen molar-refractivity contribution in [1.82, 2.24) is 5.43 Å². The molecule has 0 bridgehead atoms. The maximum Gasteiger partial charge on any atom is 0.312 e. The minimum Gasteiger partial charge on any atom is -0.502 e. The zero-order chi connectivity index (χ0) is 18.8. The van der Waals surface area contributed by atoms with Gasteiger partial charge in [0.05, 0.1) is 11.1 Å². The number of phenols is 1. The van der Waals surface area contributed by atoms with E-state index in [1.165, 1.54) is 12.1 Å². The number of hydrazone groups is 1. The Hall–Kier alpha value is -2.91. The summed E-state index contributed by atoms with van der Waals surface area (Å²) in [6, 6.07) is 9.01. The fraction of sp³-hybridized carbons (Fsp3) is 0. The number of nitrogens with zero attached hydrogens (tertiary/aromatic N) is 2. The summed E-state index contributed by atoms with van der Waals surface area (Å²) in [5.74, 6) is -1.17. The molecule has 2 aromatic carbocycles. The Kier molecular flexibility index (Phi) is 4.92. The molecule has 0 fully saturated rings. The average molecular weight is 439 g/mol. The Bertz CT molecular complexity index is 1060. The lowest BCUT2D eigenvalue weighted by Gasteiger charge is -2.01. The van der Waals surface area contributed by atoms with Crippen molar-refractivity contribution in [3.8, 4) is 5.75 Å². The zero-order valence-electron chi connectivity index (χ0n) is 12.8. The first-order valence-electron chi connectivity index (χ1n) is 7.04. The number of rotatable bonds is 4. The van der Waals surface area contributed by atoms with Gasteiger partial charge in [-0.05, 0) is 30.3 Å². The summed E-state index contributed by atoms with van der Waals surface area (Å²) in [5.41, 5.74) is 2.29. The minimum atomic E-state index is -0.727. The third-order valence-electron chi connectivity index (χ3n) is 3.35. The molecular formula is C16H9BrClN3O5. The van der Waals surface area contributed by atoms with Crippen LogP contribution in [0.4, 0.5) is 5.69 Å². The van der Waals surface area contributed by atoms with Crippen molar-refractivity contribution in [2.24, 2.45) is 5.10 Å². The number of nitro benzene ring substituents is 1. The Morgan fingerprint density at radius 1 is 1.35 bits per heavy atom. The molecule has 3 rings (SSSR count). The summed E-state index contributed by atoms with van der Waals surface area (Å²) in [6.45, 7) is 0. The number of hydrogen-bond donors (Lipinski definition) is 2. The minimum absolute atomic E-state index is 0.0175. The zero-order valence-corrected chi connectivity index (χ0v) is 15.1. The van der Waals surface area contributed by atoms with E-state index in [0.717, 1.165) is 12.3 Å². The van der Waals surface area contributed by atoms with Crippen molar-refractivity contribution >= 4 is 56.3 Å². The number of halogens is 2. The summed E-state index contributed by atoms with van der Waals surface area (Å²) in [5, 5.41) is 25.6. The van der Waals surface area contributed by atoms with Gasteiger partial charge in [-0.1, -0.05) is 27.5 Å². The van der Waals surface area contributed by atoms with E-state index in [9.17, 15) is 20.0 Å². The SMILES string of the molecule is O=C(N/N=C\c1cc(Br)cc([N+](=O)[O-])c1O)c1cc2cc(Cl)ccc2o1. The molecule has 1 aromatic heterocycles. The van der Waals surface area contributed by atoms with Gasteiger partial charge in [0.1, 0.15) is 5.58 Å². The van der Waals surface area contributed by atoms with E-state index in [2.05, 4.69) is 26.5 Å².